The lowest BCUT2D eigenvalue weighted by Gasteiger charge is -2.06. The number of methoxy groups -OCH3 is 1. The van der Waals surface area contributed by atoms with E-state index in [9.17, 15) is 9.18 Å². The van der Waals surface area contributed by atoms with E-state index in [1.807, 2.05) is 0 Å². The number of nitrogens with zero attached hydrogens (tertiary/aromatic N) is 1. The zero-order valence-electron chi connectivity index (χ0n) is 7.80. The van der Waals surface area contributed by atoms with E-state index in [-0.39, 0.29) is 22.7 Å². The molecular formula is C10H8FNO2. The second kappa shape index (κ2) is 3.88. The second-order valence-corrected chi connectivity index (χ2v) is 2.70. The maximum atomic E-state index is 13.1. The molecule has 0 amide bonds. The molecule has 1 aromatic rings. The van der Waals surface area contributed by atoms with Crippen molar-refractivity contribution in [2.45, 2.75) is 6.92 Å². The monoisotopic (exact) mass is 193 g/mol. The molecule has 1 aromatic carbocycles. The smallest absolute Gasteiger partial charge is 0.163 e. The van der Waals surface area contributed by atoms with E-state index in [2.05, 4.69) is 0 Å². The highest BCUT2D eigenvalue weighted by atomic mass is 19.1. The van der Waals surface area contributed by atoms with Crippen LogP contribution in [0.15, 0.2) is 12.1 Å². The van der Waals surface area contributed by atoms with Crippen LogP contribution in [0, 0.1) is 17.1 Å². The maximum Gasteiger partial charge on any atom is 0.163 e. The molecule has 4 heteroatoms. The van der Waals surface area contributed by atoms with Crippen molar-refractivity contribution in [3.05, 3.63) is 29.1 Å². The third kappa shape index (κ3) is 1.72. The number of halogens is 1. The first kappa shape index (κ1) is 10.2. The fraction of sp³-hybridized carbons (Fsp3) is 0.200. The van der Waals surface area contributed by atoms with Gasteiger partial charge in [0.2, 0.25) is 0 Å². The summed E-state index contributed by atoms with van der Waals surface area (Å²) in [6.45, 7) is 1.33. The molecule has 14 heavy (non-hydrogen) atoms. The number of ether oxygens (including phenoxy) is 1. The number of nitriles is 1. The summed E-state index contributed by atoms with van der Waals surface area (Å²) < 4.78 is 17.9. The number of benzene rings is 1. The number of carbonyl (C=O) groups is 1. The summed E-state index contributed by atoms with van der Waals surface area (Å²) >= 11 is 0. The lowest BCUT2D eigenvalue weighted by atomic mass is 10.1. The van der Waals surface area contributed by atoms with Crippen molar-refractivity contribution >= 4 is 5.78 Å². The van der Waals surface area contributed by atoms with Crippen LogP contribution < -0.4 is 4.74 Å². The van der Waals surface area contributed by atoms with Crippen molar-refractivity contribution in [1.29, 1.82) is 5.26 Å². The third-order valence-corrected chi connectivity index (χ3v) is 1.79. The molecule has 0 bridgehead atoms. The minimum Gasteiger partial charge on any atom is -0.496 e. The van der Waals surface area contributed by atoms with Gasteiger partial charge < -0.3 is 4.74 Å². The Bertz CT molecular complexity index is 421. The van der Waals surface area contributed by atoms with Crippen molar-refractivity contribution in [2.24, 2.45) is 0 Å². The second-order valence-electron chi connectivity index (χ2n) is 2.70. The molecule has 0 fully saturated rings. The largest absolute Gasteiger partial charge is 0.496 e. The van der Waals surface area contributed by atoms with Gasteiger partial charge in [0, 0.05) is 6.07 Å². The van der Waals surface area contributed by atoms with Crippen molar-refractivity contribution in [1.82, 2.24) is 0 Å². The minimum absolute atomic E-state index is 0.147. The van der Waals surface area contributed by atoms with E-state index >= 15 is 0 Å². The molecule has 0 unspecified atom stereocenters. The SMILES string of the molecule is COc1cc(F)c(C#N)cc1C(C)=O. The molecule has 0 aromatic heterocycles. The Morgan fingerprint density at radius 1 is 1.57 bits per heavy atom. The summed E-state index contributed by atoms with van der Waals surface area (Å²) in [6.07, 6.45) is 0. The van der Waals surface area contributed by atoms with Crippen LogP contribution in [0.25, 0.3) is 0 Å². The summed E-state index contributed by atoms with van der Waals surface area (Å²) in [4.78, 5) is 11.1. The van der Waals surface area contributed by atoms with E-state index in [1.165, 1.54) is 20.1 Å². The Hall–Kier alpha value is -1.89. The Morgan fingerprint density at radius 2 is 2.21 bits per heavy atom. The van der Waals surface area contributed by atoms with Gasteiger partial charge in [-0.3, -0.25) is 4.79 Å². The minimum atomic E-state index is -0.686. The molecule has 0 heterocycles. The first-order chi connectivity index (χ1) is 6.60. The number of hydrogen-bond donors (Lipinski definition) is 0. The normalized spacial score (nSPS) is 9.29. The van der Waals surface area contributed by atoms with Gasteiger partial charge in [0.05, 0.1) is 18.2 Å². The molecule has 3 nitrogen and oxygen atoms in total. The predicted molar refractivity (Wildman–Crippen MR) is 47.7 cm³/mol. The van der Waals surface area contributed by atoms with E-state index in [4.69, 9.17) is 10.00 Å². The van der Waals surface area contributed by atoms with Gasteiger partial charge in [-0.2, -0.15) is 5.26 Å². The summed E-state index contributed by atoms with van der Waals surface area (Å²) in [5.41, 5.74) is 0.0569. The van der Waals surface area contributed by atoms with Crippen LogP contribution in [0.4, 0.5) is 4.39 Å². The van der Waals surface area contributed by atoms with Crippen LogP contribution in [0.5, 0.6) is 5.75 Å². The first-order valence-electron chi connectivity index (χ1n) is 3.88. The molecule has 1 rings (SSSR count). The van der Waals surface area contributed by atoms with Crippen molar-refractivity contribution in [3.63, 3.8) is 0 Å². The Morgan fingerprint density at radius 3 is 2.64 bits per heavy atom. The van der Waals surface area contributed by atoms with Gasteiger partial charge in [-0.1, -0.05) is 0 Å². The van der Waals surface area contributed by atoms with Gasteiger partial charge in [-0.25, -0.2) is 4.39 Å². The van der Waals surface area contributed by atoms with Crippen LogP contribution in [-0.4, -0.2) is 12.9 Å². The van der Waals surface area contributed by atoms with Crippen molar-refractivity contribution in [2.75, 3.05) is 7.11 Å². The predicted octanol–water partition coefficient (Wildman–Crippen LogP) is 1.91. The molecule has 0 aliphatic rings. The molecular weight excluding hydrogens is 185 g/mol. The molecule has 0 aliphatic heterocycles. The summed E-state index contributed by atoms with van der Waals surface area (Å²) in [6, 6.07) is 3.89. The summed E-state index contributed by atoms with van der Waals surface area (Å²) in [5.74, 6) is -0.804. The number of ketones is 1. The highest BCUT2D eigenvalue weighted by Crippen LogP contribution is 2.22. The summed E-state index contributed by atoms with van der Waals surface area (Å²) in [7, 11) is 1.34. The summed E-state index contributed by atoms with van der Waals surface area (Å²) in [5, 5.41) is 8.55. The van der Waals surface area contributed by atoms with Crippen molar-refractivity contribution < 1.29 is 13.9 Å². The molecule has 0 saturated heterocycles. The molecule has 0 radical (unpaired) electrons. The number of hydrogen-bond acceptors (Lipinski definition) is 3. The van der Waals surface area contributed by atoms with Gasteiger partial charge in [0.25, 0.3) is 0 Å². The zero-order chi connectivity index (χ0) is 10.7. The Balaban J connectivity index is 3.42. The molecule has 0 N–H and O–H groups in total. The Labute approximate surface area is 80.7 Å². The average Bonchev–Trinajstić information content (AvgIpc) is 2.16. The average molecular weight is 193 g/mol. The van der Waals surface area contributed by atoms with E-state index in [0.29, 0.717) is 0 Å². The molecule has 0 atom stereocenters. The molecule has 0 saturated carbocycles. The van der Waals surface area contributed by atoms with Gasteiger partial charge in [-0.05, 0) is 13.0 Å². The van der Waals surface area contributed by atoms with Crippen LogP contribution in [0.2, 0.25) is 0 Å². The van der Waals surface area contributed by atoms with Crippen molar-refractivity contribution in [3.8, 4) is 11.8 Å². The lowest BCUT2D eigenvalue weighted by Crippen LogP contribution is -2.00. The first-order valence-corrected chi connectivity index (χ1v) is 3.88. The fourth-order valence-electron chi connectivity index (χ4n) is 1.08. The molecule has 0 spiro atoms. The molecule has 72 valence electrons. The van der Waals surface area contributed by atoms with Crippen LogP contribution in [-0.2, 0) is 0 Å². The fourth-order valence-corrected chi connectivity index (χ4v) is 1.08. The van der Waals surface area contributed by atoms with Gasteiger partial charge in [-0.15, -0.1) is 0 Å². The number of rotatable bonds is 2. The topological polar surface area (TPSA) is 50.1 Å². The highest BCUT2D eigenvalue weighted by Gasteiger charge is 2.13. The van der Waals surface area contributed by atoms with Gasteiger partial charge in [0.15, 0.2) is 5.78 Å². The Kier molecular flexibility index (Phi) is 2.82. The van der Waals surface area contributed by atoms with Crippen LogP contribution in [0.1, 0.15) is 22.8 Å². The third-order valence-electron chi connectivity index (χ3n) is 1.79. The van der Waals surface area contributed by atoms with Gasteiger partial charge >= 0.3 is 0 Å². The standard InChI is InChI=1S/C10H8FNO2/c1-6(13)8-3-7(5-12)9(11)4-10(8)14-2/h3-4H,1-2H3. The lowest BCUT2D eigenvalue weighted by molar-refractivity contribution is 0.101. The number of carbonyl (C=O) groups excluding carboxylic acids is 1. The van der Waals surface area contributed by atoms with E-state index < -0.39 is 5.82 Å². The van der Waals surface area contributed by atoms with E-state index in [1.54, 1.807) is 6.07 Å². The zero-order valence-corrected chi connectivity index (χ0v) is 7.80. The highest BCUT2D eigenvalue weighted by molar-refractivity contribution is 5.97. The molecule has 0 aliphatic carbocycles. The van der Waals surface area contributed by atoms with Crippen LogP contribution >= 0.6 is 0 Å². The quantitative estimate of drug-likeness (QED) is 0.674. The number of Topliss-reactive ketones (excluding diaryl/α,β-unsaturated/α-hetero) is 1. The van der Waals surface area contributed by atoms with Crippen LogP contribution in [0.3, 0.4) is 0 Å². The van der Waals surface area contributed by atoms with Gasteiger partial charge in [0.1, 0.15) is 17.6 Å². The van der Waals surface area contributed by atoms with E-state index in [0.717, 1.165) is 6.07 Å². The maximum absolute atomic E-state index is 13.1.